The number of nitrogens with one attached hydrogen (secondary N) is 2. The Labute approximate surface area is 285 Å². The number of carboxylic acid groups (broad SMARTS) is 1. The number of hydrogen-bond donors (Lipinski definition) is 3. The number of anilines is 1. The minimum atomic E-state index is -1.70. The molecule has 0 saturated heterocycles. The van der Waals surface area contributed by atoms with Gasteiger partial charge in [0.25, 0.3) is 5.56 Å². The van der Waals surface area contributed by atoms with E-state index in [9.17, 15) is 33.9 Å². The van der Waals surface area contributed by atoms with Crippen LogP contribution in [-0.4, -0.2) is 51.9 Å². The van der Waals surface area contributed by atoms with E-state index < -0.39 is 60.7 Å². The second-order valence-corrected chi connectivity index (χ2v) is 11.5. The number of nitrogens with zero attached hydrogens (tertiary/aromatic N) is 1. The van der Waals surface area contributed by atoms with Gasteiger partial charge in [0.05, 0.1) is 22.0 Å². The Morgan fingerprint density at radius 2 is 1.42 bits per heavy atom. The molecule has 3 N–H and O–H groups in total. The molecule has 48 heavy (non-hydrogen) atoms. The van der Waals surface area contributed by atoms with Gasteiger partial charge in [-0.05, 0) is 41.8 Å². The van der Waals surface area contributed by atoms with Gasteiger partial charge in [0.1, 0.15) is 18.3 Å². The molecule has 0 unspecified atom stereocenters. The fourth-order valence-corrected chi connectivity index (χ4v) is 5.39. The van der Waals surface area contributed by atoms with Crippen LogP contribution in [-0.2, 0) is 43.3 Å². The number of aryl methyl sites for hydroxylation is 1. The maximum absolute atomic E-state index is 13.6. The first-order chi connectivity index (χ1) is 23.0. The fourth-order valence-electron chi connectivity index (χ4n) is 4.78. The Bertz CT molecular complexity index is 1840. The van der Waals surface area contributed by atoms with Crippen LogP contribution >= 0.6 is 23.2 Å². The summed E-state index contributed by atoms with van der Waals surface area (Å²) in [5, 5.41) is 14.4. The molecule has 0 aliphatic rings. The molecule has 2 amide bonds. The molecule has 1 atom stereocenters. The quantitative estimate of drug-likeness (QED) is 0.119. The number of hydrogen-bond acceptors (Lipinski definition) is 7. The lowest BCUT2D eigenvalue weighted by Crippen LogP contribution is -2.46. The van der Waals surface area contributed by atoms with E-state index in [-0.39, 0.29) is 34.1 Å². The van der Waals surface area contributed by atoms with E-state index in [1.54, 1.807) is 6.07 Å². The molecule has 0 radical (unpaired) electrons. The van der Waals surface area contributed by atoms with Gasteiger partial charge in [-0.25, -0.2) is 4.79 Å². The van der Waals surface area contributed by atoms with Gasteiger partial charge in [0.2, 0.25) is 17.6 Å². The SMILES string of the molecule is O=C(O)C[C@H](NC(=O)Cn1c(Cc2ccccc2)ccc(NC(=O)CCc2ccccc2)c1=O)C(=O)OCC(=O)c1c(Cl)cccc1Cl. The van der Waals surface area contributed by atoms with Crippen molar-refractivity contribution in [3.8, 4) is 0 Å². The van der Waals surface area contributed by atoms with E-state index in [0.29, 0.717) is 12.1 Å². The number of carbonyl (C=O) groups excluding carboxylic acids is 4. The highest BCUT2D eigenvalue weighted by molar-refractivity contribution is 6.39. The molecule has 0 aliphatic carbocycles. The van der Waals surface area contributed by atoms with Gasteiger partial charge in [-0.15, -0.1) is 0 Å². The number of Topliss-reactive ketones (excluding diaryl/α,β-unsaturated/α-hetero) is 1. The van der Waals surface area contributed by atoms with Crippen molar-refractivity contribution in [2.45, 2.75) is 38.3 Å². The van der Waals surface area contributed by atoms with Crippen molar-refractivity contribution in [3.05, 3.63) is 134 Å². The molecule has 1 heterocycles. The number of benzene rings is 3. The highest BCUT2D eigenvalue weighted by Gasteiger charge is 2.27. The molecule has 248 valence electrons. The maximum Gasteiger partial charge on any atom is 0.329 e. The summed E-state index contributed by atoms with van der Waals surface area (Å²) in [6, 6.07) is 24.2. The second-order valence-electron chi connectivity index (χ2n) is 10.7. The van der Waals surface area contributed by atoms with Gasteiger partial charge in [0.15, 0.2) is 6.61 Å². The number of aliphatic carboxylic acids is 1. The van der Waals surface area contributed by atoms with Crippen LogP contribution in [0, 0.1) is 0 Å². The number of carboxylic acids is 1. The summed E-state index contributed by atoms with van der Waals surface area (Å²) in [5.41, 5.74) is 1.39. The summed E-state index contributed by atoms with van der Waals surface area (Å²) in [4.78, 5) is 76.6. The van der Waals surface area contributed by atoms with E-state index in [4.69, 9.17) is 27.9 Å². The predicted octanol–water partition coefficient (Wildman–Crippen LogP) is 4.70. The molecule has 0 saturated carbocycles. The van der Waals surface area contributed by atoms with Crippen LogP contribution in [0.25, 0.3) is 0 Å². The first-order valence-electron chi connectivity index (χ1n) is 14.8. The van der Waals surface area contributed by atoms with Gasteiger partial charge in [-0.3, -0.25) is 24.0 Å². The third-order valence-corrected chi connectivity index (χ3v) is 7.77. The number of aromatic nitrogens is 1. The van der Waals surface area contributed by atoms with Crippen LogP contribution in [0.5, 0.6) is 0 Å². The average Bonchev–Trinajstić information content (AvgIpc) is 3.06. The lowest BCUT2D eigenvalue weighted by molar-refractivity contribution is -0.150. The third-order valence-electron chi connectivity index (χ3n) is 7.14. The van der Waals surface area contributed by atoms with Crippen molar-refractivity contribution >= 4 is 58.4 Å². The number of pyridine rings is 1. The minimum Gasteiger partial charge on any atom is -0.481 e. The van der Waals surface area contributed by atoms with Gasteiger partial charge in [0, 0.05) is 18.5 Å². The molecule has 13 heteroatoms. The van der Waals surface area contributed by atoms with Gasteiger partial charge in [-0.1, -0.05) is 89.9 Å². The largest absolute Gasteiger partial charge is 0.481 e. The zero-order valence-electron chi connectivity index (χ0n) is 25.5. The highest BCUT2D eigenvalue weighted by atomic mass is 35.5. The van der Waals surface area contributed by atoms with E-state index in [1.807, 2.05) is 60.7 Å². The van der Waals surface area contributed by atoms with Crippen LogP contribution in [0.2, 0.25) is 10.0 Å². The Morgan fingerprint density at radius 1 is 0.792 bits per heavy atom. The van der Waals surface area contributed by atoms with Crippen molar-refractivity contribution in [1.82, 2.24) is 9.88 Å². The van der Waals surface area contributed by atoms with Crippen LogP contribution in [0.3, 0.4) is 0 Å². The second kappa shape index (κ2) is 17.1. The van der Waals surface area contributed by atoms with Gasteiger partial charge in [-0.2, -0.15) is 0 Å². The summed E-state index contributed by atoms with van der Waals surface area (Å²) < 4.78 is 6.17. The van der Waals surface area contributed by atoms with Crippen molar-refractivity contribution in [3.63, 3.8) is 0 Å². The Hall–Kier alpha value is -5.26. The molecule has 4 aromatic rings. The number of halogens is 2. The average molecular weight is 693 g/mol. The summed E-state index contributed by atoms with van der Waals surface area (Å²) >= 11 is 12.1. The molecule has 11 nitrogen and oxygen atoms in total. The zero-order valence-corrected chi connectivity index (χ0v) is 27.0. The monoisotopic (exact) mass is 691 g/mol. The summed E-state index contributed by atoms with van der Waals surface area (Å²) in [6.45, 7) is -1.44. The number of rotatable bonds is 15. The van der Waals surface area contributed by atoms with Crippen molar-refractivity contribution < 1.29 is 33.8 Å². The molecule has 4 rings (SSSR count). The number of amides is 2. The van der Waals surface area contributed by atoms with Gasteiger partial charge >= 0.3 is 11.9 Å². The van der Waals surface area contributed by atoms with Crippen LogP contribution in [0.15, 0.2) is 95.8 Å². The Morgan fingerprint density at radius 3 is 2.04 bits per heavy atom. The first-order valence-corrected chi connectivity index (χ1v) is 15.5. The number of ketones is 1. The summed E-state index contributed by atoms with van der Waals surface area (Å²) in [6.07, 6.45) is -0.0544. The molecule has 0 spiro atoms. The molecule has 0 fully saturated rings. The lowest BCUT2D eigenvalue weighted by atomic mass is 10.1. The van der Waals surface area contributed by atoms with Crippen LogP contribution in [0.4, 0.5) is 5.69 Å². The van der Waals surface area contributed by atoms with E-state index in [0.717, 1.165) is 15.7 Å². The summed E-state index contributed by atoms with van der Waals surface area (Å²) in [7, 11) is 0. The predicted molar refractivity (Wildman–Crippen MR) is 179 cm³/mol. The maximum atomic E-state index is 13.6. The van der Waals surface area contributed by atoms with E-state index >= 15 is 0 Å². The van der Waals surface area contributed by atoms with Crippen LogP contribution in [0.1, 0.15) is 40.0 Å². The number of esters is 1. The van der Waals surface area contributed by atoms with Crippen molar-refractivity contribution in [2.75, 3.05) is 11.9 Å². The molecule has 0 bridgehead atoms. The van der Waals surface area contributed by atoms with E-state index in [2.05, 4.69) is 10.6 Å². The summed E-state index contributed by atoms with van der Waals surface area (Å²) in [5.74, 6) is -4.65. The molecule has 3 aromatic carbocycles. The normalized spacial score (nSPS) is 11.3. The van der Waals surface area contributed by atoms with Gasteiger partial charge < -0.3 is 25.0 Å². The van der Waals surface area contributed by atoms with Crippen LogP contribution < -0.4 is 16.2 Å². The zero-order chi connectivity index (χ0) is 34.6. The Balaban J connectivity index is 1.50. The fraction of sp³-hybridized carbons (Fsp3) is 0.200. The standard InChI is InChI=1S/C35H31Cl2N3O8/c36-25-12-7-13-26(37)33(25)29(41)21-48-35(47)28(19-32(44)45)39-31(43)20-40-24(18-23-10-5-2-6-11-23)15-16-27(34(40)46)38-30(42)17-14-22-8-3-1-4-9-22/h1-13,15-16,28H,14,17-21H2,(H,38,42)(H,39,43)(H,44,45)/t28-/m0/s1. The molecule has 0 aliphatic heterocycles. The molecular weight excluding hydrogens is 661 g/mol. The smallest absolute Gasteiger partial charge is 0.329 e. The van der Waals surface area contributed by atoms with Crippen molar-refractivity contribution in [1.29, 1.82) is 0 Å². The molecule has 1 aromatic heterocycles. The number of carbonyl (C=O) groups is 5. The lowest BCUT2D eigenvalue weighted by Gasteiger charge is -2.19. The minimum absolute atomic E-state index is 0.0327. The van der Waals surface area contributed by atoms with Crippen molar-refractivity contribution in [2.24, 2.45) is 0 Å². The molecular formula is C35H31Cl2N3O8. The number of ether oxygens (including phenoxy) is 1. The first kappa shape index (κ1) is 35.6. The topological polar surface area (TPSA) is 161 Å². The Kier molecular flexibility index (Phi) is 12.6. The van der Waals surface area contributed by atoms with E-state index in [1.165, 1.54) is 24.3 Å². The highest BCUT2D eigenvalue weighted by Crippen LogP contribution is 2.24. The third kappa shape index (κ3) is 10.1.